The first-order valence-electron chi connectivity index (χ1n) is 7.46. The van der Waals surface area contributed by atoms with E-state index in [2.05, 4.69) is 5.18 Å². The van der Waals surface area contributed by atoms with E-state index in [9.17, 15) is 14.4 Å². The van der Waals surface area contributed by atoms with E-state index in [1.807, 2.05) is 0 Å². The standard InChI is InChI=1S/C18H11ClFN3O2/c1-22-9-23(10-6-7-14(20)13(19)8-10)17-16(22)15(21-25)11-4-2-3-5-12(11)18(17)24/h2-9H,1H3/p+1. The van der Waals surface area contributed by atoms with Crippen LogP contribution in [0.3, 0.4) is 0 Å². The predicted molar refractivity (Wildman–Crippen MR) is 94.0 cm³/mol. The molecule has 0 fully saturated rings. The molecule has 4 rings (SSSR count). The average Bonchev–Trinajstić information content (AvgIpc) is 2.96. The molecule has 1 N–H and O–H groups in total. The van der Waals surface area contributed by atoms with E-state index in [0.29, 0.717) is 27.5 Å². The molecule has 0 bridgehead atoms. The van der Waals surface area contributed by atoms with Gasteiger partial charge in [0.2, 0.25) is 17.4 Å². The summed E-state index contributed by atoms with van der Waals surface area (Å²) in [5, 5.41) is 15.1. The van der Waals surface area contributed by atoms with Crippen LogP contribution in [0.5, 0.6) is 5.75 Å². The van der Waals surface area contributed by atoms with E-state index in [1.54, 1.807) is 52.8 Å². The largest absolute Gasteiger partial charge is 0.503 e. The highest BCUT2D eigenvalue weighted by Crippen LogP contribution is 2.41. The van der Waals surface area contributed by atoms with E-state index in [1.165, 1.54) is 12.1 Å². The third-order valence-electron chi connectivity index (χ3n) is 4.27. The number of rotatable bonds is 2. The maximum Gasteiger partial charge on any atom is 0.249 e. The van der Waals surface area contributed by atoms with Crippen molar-refractivity contribution in [1.29, 1.82) is 0 Å². The Hall–Kier alpha value is -2.99. The number of fused-ring (bicyclic) bond motifs is 2. The van der Waals surface area contributed by atoms with Crippen molar-refractivity contribution in [2.75, 3.05) is 0 Å². The average molecular weight is 357 g/mol. The molecule has 7 heteroatoms. The SMILES string of the molecule is C[n+]1cn(-c2ccc(F)c(Cl)c2)c2c(O)c3ccccc3c(N=O)c21. The van der Waals surface area contributed by atoms with Crippen LogP contribution in [0, 0.1) is 10.7 Å². The zero-order valence-corrected chi connectivity index (χ0v) is 13.8. The van der Waals surface area contributed by atoms with Crippen LogP contribution in [-0.4, -0.2) is 9.67 Å². The predicted octanol–water partition coefficient (Wildman–Crippen LogP) is 4.50. The molecule has 0 aliphatic rings. The number of nitroso groups, excluding NO2 is 1. The van der Waals surface area contributed by atoms with Gasteiger partial charge in [0.1, 0.15) is 11.5 Å². The minimum atomic E-state index is -0.531. The van der Waals surface area contributed by atoms with Gasteiger partial charge in [-0.25, -0.2) is 8.96 Å². The summed E-state index contributed by atoms with van der Waals surface area (Å²) in [5.41, 5.74) is 1.67. The Kier molecular flexibility index (Phi) is 3.43. The van der Waals surface area contributed by atoms with Gasteiger partial charge in [-0.15, -0.1) is 4.91 Å². The lowest BCUT2D eigenvalue weighted by atomic mass is 10.1. The van der Waals surface area contributed by atoms with E-state index < -0.39 is 5.82 Å². The molecule has 5 nitrogen and oxygen atoms in total. The molecule has 0 aliphatic heterocycles. The first-order valence-corrected chi connectivity index (χ1v) is 7.84. The number of imidazole rings is 1. The number of hydrogen-bond acceptors (Lipinski definition) is 3. The molecule has 0 amide bonds. The number of aromatic nitrogens is 2. The molecular formula is C18H12ClFN3O2+. The molecule has 1 heterocycles. The fourth-order valence-corrected chi connectivity index (χ4v) is 3.32. The van der Waals surface area contributed by atoms with Crippen LogP contribution >= 0.6 is 11.6 Å². The molecule has 0 atom stereocenters. The molecule has 0 radical (unpaired) electrons. The quantitative estimate of drug-likeness (QED) is 0.424. The number of phenols is 1. The molecular weight excluding hydrogens is 345 g/mol. The molecule has 0 spiro atoms. The van der Waals surface area contributed by atoms with Crippen molar-refractivity contribution in [2.24, 2.45) is 12.2 Å². The second-order valence-corrected chi connectivity index (χ2v) is 6.13. The normalized spacial score (nSPS) is 11.3. The van der Waals surface area contributed by atoms with Gasteiger partial charge in [-0.3, -0.25) is 0 Å². The second kappa shape index (κ2) is 5.53. The monoisotopic (exact) mass is 356 g/mol. The summed E-state index contributed by atoms with van der Waals surface area (Å²) >= 11 is 5.89. The van der Waals surface area contributed by atoms with Gasteiger partial charge in [-0.2, -0.15) is 4.57 Å². The van der Waals surface area contributed by atoms with Crippen molar-refractivity contribution in [2.45, 2.75) is 0 Å². The van der Waals surface area contributed by atoms with Crippen molar-refractivity contribution in [3.63, 3.8) is 0 Å². The molecule has 25 heavy (non-hydrogen) atoms. The molecule has 1 aromatic heterocycles. The fraction of sp³-hybridized carbons (Fsp3) is 0.0556. The summed E-state index contributed by atoms with van der Waals surface area (Å²) in [6.07, 6.45) is 1.68. The summed E-state index contributed by atoms with van der Waals surface area (Å²) < 4.78 is 16.8. The molecule has 3 aromatic carbocycles. The van der Waals surface area contributed by atoms with Crippen molar-refractivity contribution in [1.82, 2.24) is 4.57 Å². The van der Waals surface area contributed by atoms with Gasteiger partial charge in [0.25, 0.3) is 0 Å². The van der Waals surface area contributed by atoms with Crippen LogP contribution in [0.2, 0.25) is 5.02 Å². The minimum Gasteiger partial charge on any atom is -0.503 e. The highest BCUT2D eigenvalue weighted by Gasteiger charge is 2.27. The zero-order chi connectivity index (χ0) is 17.7. The summed E-state index contributed by atoms with van der Waals surface area (Å²) in [6, 6.07) is 11.2. The summed E-state index contributed by atoms with van der Waals surface area (Å²) in [4.78, 5) is 11.5. The summed E-state index contributed by atoms with van der Waals surface area (Å²) in [7, 11) is 1.74. The topological polar surface area (TPSA) is 58.5 Å². The molecule has 0 aliphatic carbocycles. The van der Waals surface area contributed by atoms with Gasteiger partial charge in [-0.1, -0.05) is 35.9 Å². The Bertz CT molecular complexity index is 1170. The van der Waals surface area contributed by atoms with Gasteiger partial charge >= 0.3 is 0 Å². The number of benzene rings is 3. The second-order valence-electron chi connectivity index (χ2n) is 5.73. The Balaban J connectivity index is 2.20. The van der Waals surface area contributed by atoms with Crippen molar-refractivity contribution in [3.05, 3.63) is 64.5 Å². The van der Waals surface area contributed by atoms with Gasteiger partial charge in [0, 0.05) is 16.8 Å². The van der Waals surface area contributed by atoms with E-state index in [-0.39, 0.29) is 16.5 Å². The summed E-state index contributed by atoms with van der Waals surface area (Å²) in [6.45, 7) is 0. The highest BCUT2D eigenvalue weighted by atomic mass is 35.5. The maximum atomic E-state index is 13.5. The first-order chi connectivity index (χ1) is 12.0. The number of aromatic hydroxyl groups is 1. The lowest BCUT2D eigenvalue weighted by Crippen LogP contribution is -2.25. The van der Waals surface area contributed by atoms with Crippen molar-refractivity contribution in [3.8, 4) is 11.4 Å². The van der Waals surface area contributed by atoms with Gasteiger partial charge < -0.3 is 5.11 Å². The third-order valence-corrected chi connectivity index (χ3v) is 4.55. The molecule has 0 saturated heterocycles. The van der Waals surface area contributed by atoms with Crippen molar-refractivity contribution < 1.29 is 14.1 Å². The smallest absolute Gasteiger partial charge is 0.249 e. The Labute approximate surface area is 146 Å². The van der Waals surface area contributed by atoms with Crippen LogP contribution in [0.1, 0.15) is 0 Å². The maximum absolute atomic E-state index is 13.5. The Morgan fingerprint density at radius 1 is 1.20 bits per heavy atom. The first kappa shape index (κ1) is 15.5. The molecule has 4 aromatic rings. The highest BCUT2D eigenvalue weighted by molar-refractivity contribution is 6.30. The minimum absolute atomic E-state index is 0.0130. The zero-order valence-electron chi connectivity index (χ0n) is 13.1. The van der Waals surface area contributed by atoms with E-state index >= 15 is 0 Å². The number of halogens is 2. The van der Waals surface area contributed by atoms with Crippen LogP contribution in [0.15, 0.2) is 54.0 Å². The fourth-order valence-electron chi connectivity index (χ4n) is 3.15. The van der Waals surface area contributed by atoms with Crippen molar-refractivity contribution >= 4 is 39.1 Å². The van der Waals surface area contributed by atoms with Crippen LogP contribution in [0.25, 0.3) is 27.5 Å². The Morgan fingerprint density at radius 3 is 2.60 bits per heavy atom. The van der Waals surface area contributed by atoms with Gasteiger partial charge in [0.05, 0.1) is 12.1 Å². The van der Waals surface area contributed by atoms with E-state index in [4.69, 9.17) is 11.6 Å². The number of nitrogens with zero attached hydrogens (tertiary/aromatic N) is 3. The van der Waals surface area contributed by atoms with Crippen LogP contribution in [0.4, 0.5) is 10.1 Å². The molecule has 124 valence electrons. The van der Waals surface area contributed by atoms with Gasteiger partial charge in [-0.05, 0) is 17.3 Å². The summed E-state index contributed by atoms with van der Waals surface area (Å²) in [5.74, 6) is -0.518. The van der Waals surface area contributed by atoms with Gasteiger partial charge in [0.15, 0.2) is 11.4 Å². The van der Waals surface area contributed by atoms with E-state index in [0.717, 1.165) is 0 Å². The van der Waals surface area contributed by atoms with Crippen LogP contribution in [-0.2, 0) is 7.05 Å². The Morgan fingerprint density at radius 2 is 1.92 bits per heavy atom. The number of phenolic OH excluding ortho intramolecular Hbond substituents is 1. The van der Waals surface area contributed by atoms with Crippen LogP contribution < -0.4 is 4.57 Å². The lowest BCUT2D eigenvalue weighted by Gasteiger charge is -2.05. The lowest BCUT2D eigenvalue weighted by molar-refractivity contribution is -0.645. The third kappa shape index (κ3) is 2.18. The number of aryl methyl sites for hydroxylation is 1. The molecule has 0 unspecified atom stereocenters. The molecule has 0 saturated carbocycles. The number of hydrogen-bond donors (Lipinski definition) is 1.